The Labute approximate surface area is 145 Å². The normalized spacial score (nSPS) is 14.4. The predicted octanol–water partition coefficient (Wildman–Crippen LogP) is 8.39. The van der Waals surface area contributed by atoms with Gasteiger partial charge in [0.25, 0.3) is 0 Å². The average Bonchev–Trinajstić information content (AvgIpc) is 2.47. The van der Waals surface area contributed by atoms with Crippen LogP contribution in [0, 0.1) is 0 Å². The summed E-state index contributed by atoms with van der Waals surface area (Å²) in [5, 5.41) is 0. The second-order valence-corrected chi connectivity index (χ2v) is 11.7. The summed E-state index contributed by atoms with van der Waals surface area (Å²) in [5.41, 5.74) is 0.135. The molecular formula is C19H40ClOP. The molecule has 0 aromatic heterocycles. The smallest absolute Gasteiger partial charge is 0.171 e. The molecule has 0 aliphatic carbocycles. The van der Waals surface area contributed by atoms with Crippen molar-refractivity contribution in [2.24, 2.45) is 0 Å². The molecule has 0 bridgehead atoms. The van der Waals surface area contributed by atoms with Gasteiger partial charge in [-0.25, -0.2) is 0 Å². The summed E-state index contributed by atoms with van der Waals surface area (Å²) < 4.78 is 12.0. The highest BCUT2D eigenvalue weighted by Gasteiger charge is 2.21. The highest BCUT2D eigenvalue weighted by Crippen LogP contribution is 2.56. The average molecular weight is 351 g/mol. The lowest BCUT2D eigenvalue weighted by Crippen LogP contribution is -1.97. The first-order valence-corrected chi connectivity index (χ1v) is 12.7. The highest BCUT2D eigenvalue weighted by atomic mass is 35.7. The molecule has 0 amide bonds. The summed E-state index contributed by atoms with van der Waals surface area (Å²) in [5.74, 6) is 0. The Hall–Kier alpha value is 0.520. The molecule has 0 saturated carbocycles. The molecule has 0 radical (unpaired) electrons. The Morgan fingerprint density at radius 3 is 1.32 bits per heavy atom. The zero-order valence-electron chi connectivity index (χ0n) is 15.4. The molecule has 1 nitrogen and oxygen atoms in total. The first-order chi connectivity index (χ1) is 10.5. The standard InChI is InChI=1S/C19H40ClOP/c1-4-5-6-7-8-9-10-11-12-13-14-15-16-17-18-22(20,21)19(2)3/h19H,4-18H2,1-3H3. The molecule has 0 rings (SSSR count). The van der Waals surface area contributed by atoms with E-state index in [1.807, 2.05) is 13.8 Å². The monoisotopic (exact) mass is 350 g/mol. The lowest BCUT2D eigenvalue weighted by molar-refractivity contribution is 0.537. The van der Waals surface area contributed by atoms with Crippen molar-refractivity contribution in [3.8, 4) is 0 Å². The second kappa shape index (κ2) is 15.1. The summed E-state index contributed by atoms with van der Waals surface area (Å²) >= 11 is 6.08. The first kappa shape index (κ1) is 22.5. The number of unbranched alkanes of at least 4 members (excludes halogenated alkanes) is 13. The van der Waals surface area contributed by atoms with Gasteiger partial charge in [0.2, 0.25) is 0 Å². The van der Waals surface area contributed by atoms with E-state index in [2.05, 4.69) is 6.92 Å². The fraction of sp³-hybridized carbons (Fsp3) is 1.00. The van der Waals surface area contributed by atoms with Gasteiger partial charge in [0.05, 0.1) is 0 Å². The minimum Gasteiger partial charge on any atom is -0.306 e. The molecule has 0 aliphatic heterocycles. The van der Waals surface area contributed by atoms with Crippen LogP contribution in [0.4, 0.5) is 0 Å². The van der Waals surface area contributed by atoms with E-state index >= 15 is 0 Å². The maximum Gasteiger partial charge on any atom is 0.171 e. The van der Waals surface area contributed by atoms with Crippen LogP contribution in [-0.2, 0) is 4.57 Å². The molecule has 3 heteroatoms. The molecule has 0 aromatic rings. The van der Waals surface area contributed by atoms with Crippen LogP contribution in [0.25, 0.3) is 0 Å². The van der Waals surface area contributed by atoms with Crippen molar-refractivity contribution in [1.82, 2.24) is 0 Å². The third-order valence-corrected chi connectivity index (χ3v) is 8.73. The van der Waals surface area contributed by atoms with E-state index < -0.39 is 6.49 Å². The molecule has 0 aliphatic rings. The van der Waals surface area contributed by atoms with Crippen LogP contribution in [0.5, 0.6) is 0 Å². The Balaban J connectivity index is 3.16. The van der Waals surface area contributed by atoms with Crippen LogP contribution in [0.2, 0.25) is 0 Å². The van der Waals surface area contributed by atoms with Crippen LogP contribution in [0.3, 0.4) is 0 Å². The number of rotatable bonds is 16. The quantitative estimate of drug-likeness (QED) is 0.202. The van der Waals surface area contributed by atoms with Crippen molar-refractivity contribution in [2.45, 2.75) is 116 Å². The molecule has 134 valence electrons. The minimum absolute atomic E-state index is 0.135. The van der Waals surface area contributed by atoms with Crippen molar-refractivity contribution >= 4 is 17.7 Å². The summed E-state index contributed by atoms with van der Waals surface area (Å²) in [4.78, 5) is 0. The predicted molar refractivity (Wildman–Crippen MR) is 104 cm³/mol. The molecule has 0 aromatic carbocycles. The molecule has 22 heavy (non-hydrogen) atoms. The third-order valence-electron chi connectivity index (χ3n) is 4.59. The molecule has 0 spiro atoms. The largest absolute Gasteiger partial charge is 0.306 e. The Kier molecular flexibility index (Phi) is 15.4. The van der Waals surface area contributed by atoms with Crippen LogP contribution in [0.15, 0.2) is 0 Å². The lowest BCUT2D eigenvalue weighted by Gasteiger charge is -2.13. The third kappa shape index (κ3) is 14.1. The van der Waals surface area contributed by atoms with Crippen LogP contribution >= 0.6 is 17.7 Å². The van der Waals surface area contributed by atoms with E-state index in [1.165, 1.54) is 83.5 Å². The van der Waals surface area contributed by atoms with Gasteiger partial charge in [0, 0.05) is 11.8 Å². The van der Waals surface area contributed by atoms with Crippen LogP contribution in [-0.4, -0.2) is 11.8 Å². The number of hydrogen-bond donors (Lipinski definition) is 0. The maximum atomic E-state index is 12.0. The topological polar surface area (TPSA) is 17.1 Å². The summed E-state index contributed by atoms with van der Waals surface area (Å²) in [7, 11) is 0. The van der Waals surface area contributed by atoms with Gasteiger partial charge < -0.3 is 4.57 Å². The van der Waals surface area contributed by atoms with Crippen LogP contribution in [0.1, 0.15) is 111 Å². The molecule has 1 unspecified atom stereocenters. The van der Waals surface area contributed by atoms with Gasteiger partial charge in [0.15, 0.2) is 6.49 Å². The van der Waals surface area contributed by atoms with Gasteiger partial charge in [0.1, 0.15) is 0 Å². The highest BCUT2D eigenvalue weighted by molar-refractivity contribution is 7.89. The maximum absolute atomic E-state index is 12.0. The van der Waals surface area contributed by atoms with E-state index in [9.17, 15) is 4.57 Å². The van der Waals surface area contributed by atoms with Gasteiger partial charge in [-0.3, -0.25) is 0 Å². The van der Waals surface area contributed by atoms with Gasteiger partial charge in [-0.05, 0) is 6.42 Å². The van der Waals surface area contributed by atoms with Crippen molar-refractivity contribution in [1.29, 1.82) is 0 Å². The summed E-state index contributed by atoms with van der Waals surface area (Å²) in [6.07, 6.45) is 19.7. The van der Waals surface area contributed by atoms with E-state index in [0.717, 1.165) is 12.6 Å². The number of halogens is 1. The van der Waals surface area contributed by atoms with E-state index in [4.69, 9.17) is 11.2 Å². The summed E-state index contributed by atoms with van der Waals surface area (Å²) in [6, 6.07) is 0. The molecule has 0 fully saturated rings. The molecule has 0 saturated heterocycles. The van der Waals surface area contributed by atoms with Gasteiger partial charge >= 0.3 is 0 Å². The fourth-order valence-corrected chi connectivity index (χ4v) is 4.31. The first-order valence-electron chi connectivity index (χ1n) is 9.79. The fourth-order valence-electron chi connectivity index (χ4n) is 2.78. The molecular weight excluding hydrogens is 311 g/mol. The molecule has 0 N–H and O–H groups in total. The van der Waals surface area contributed by atoms with E-state index in [1.54, 1.807) is 0 Å². The van der Waals surface area contributed by atoms with E-state index in [0.29, 0.717) is 0 Å². The lowest BCUT2D eigenvalue weighted by atomic mass is 10.0. The summed E-state index contributed by atoms with van der Waals surface area (Å²) in [6.45, 7) is 3.84. The Morgan fingerprint density at radius 1 is 0.682 bits per heavy atom. The molecule has 0 heterocycles. The zero-order chi connectivity index (χ0) is 16.7. The van der Waals surface area contributed by atoms with Gasteiger partial charge in [-0.1, -0.05) is 115 Å². The van der Waals surface area contributed by atoms with Crippen molar-refractivity contribution in [3.63, 3.8) is 0 Å². The Bertz CT molecular complexity index is 279. The van der Waals surface area contributed by atoms with Gasteiger partial charge in [-0.15, -0.1) is 0 Å². The number of hydrogen-bond acceptors (Lipinski definition) is 1. The van der Waals surface area contributed by atoms with E-state index in [-0.39, 0.29) is 5.66 Å². The van der Waals surface area contributed by atoms with Crippen LogP contribution < -0.4 is 0 Å². The zero-order valence-corrected chi connectivity index (χ0v) is 17.1. The SMILES string of the molecule is CCCCCCCCCCCCCCCCP(=O)(Cl)C(C)C. The molecule has 1 atom stereocenters. The second-order valence-electron chi connectivity index (χ2n) is 7.12. The van der Waals surface area contributed by atoms with Crippen molar-refractivity contribution < 1.29 is 4.57 Å². The minimum atomic E-state index is -2.38. The Morgan fingerprint density at radius 2 is 1.00 bits per heavy atom. The van der Waals surface area contributed by atoms with Crippen molar-refractivity contribution in [3.05, 3.63) is 0 Å². The van der Waals surface area contributed by atoms with Gasteiger partial charge in [-0.2, -0.15) is 0 Å². The van der Waals surface area contributed by atoms with Crippen molar-refractivity contribution in [2.75, 3.05) is 6.16 Å².